The van der Waals surface area contributed by atoms with Gasteiger partial charge in [-0.3, -0.25) is 0 Å². The zero-order valence-corrected chi connectivity index (χ0v) is 10.2. The molecule has 1 aliphatic rings. The van der Waals surface area contributed by atoms with E-state index in [9.17, 15) is 0 Å². The molecule has 1 aromatic carbocycles. The highest BCUT2D eigenvalue weighted by atomic mass is 79.9. The molecule has 1 aliphatic heterocycles. The van der Waals surface area contributed by atoms with Gasteiger partial charge in [-0.1, -0.05) is 23.7 Å². The molecular formula is C11H13BrClN. The van der Waals surface area contributed by atoms with Gasteiger partial charge in [0.1, 0.15) is 0 Å². The smallest absolute Gasteiger partial charge is 0.0550 e. The zero-order valence-electron chi connectivity index (χ0n) is 7.89. The Morgan fingerprint density at radius 2 is 2.36 bits per heavy atom. The molecule has 0 saturated carbocycles. The summed E-state index contributed by atoms with van der Waals surface area (Å²) in [4.78, 5) is 0. The SMILES string of the molecule is Clc1cccc(CC2CCCN2)c1Br. The summed E-state index contributed by atoms with van der Waals surface area (Å²) in [6, 6.07) is 6.69. The maximum absolute atomic E-state index is 6.03. The van der Waals surface area contributed by atoms with E-state index < -0.39 is 0 Å². The maximum Gasteiger partial charge on any atom is 0.0550 e. The summed E-state index contributed by atoms with van der Waals surface area (Å²) in [6.07, 6.45) is 3.64. The van der Waals surface area contributed by atoms with Crippen molar-refractivity contribution in [3.05, 3.63) is 33.3 Å². The van der Waals surface area contributed by atoms with Crippen molar-refractivity contribution >= 4 is 27.5 Å². The van der Waals surface area contributed by atoms with Gasteiger partial charge in [-0.25, -0.2) is 0 Å². The second-order valence-corrected chi connectivity index (χ2v) is 4.91. The van der Waals surface area contributed by atoms with Gasteiger partial charge in [-0.05, 0) is 53.4 Å². The summed E-state index contributed by atoms with van der Waals surface area (Å²) in [5.41, 5.74) is 1.30. The lowest BCUT2D eigenvalue weighted by atomic mass is 10.1. The van der Waals surface area contributed by atoms with Crippen LogP contribution in [0, 0.1) is 0 Å². The molecule has 1 unspecified atom stereocenters. The van der Waals surface area contributed by atoms with E-state index >= 15 is 0 Å². The van der Waals surface area contributed by atoms with E-state index in [1.807, 2.05) is 12.1 Å². The lowest BCUT2D eigenvalue weighted by Crippen LogP contribution is -2.23. The number of halogens is 2. The summed E-state index contributed by atoms with van der Waals surface area (Å²) in [5, 5.41) is 4.29. The Balaban J connectivity index is 2.11. The second kappa shape index (κ2) is 4.65. The van der Waals surface area contributed by atoms with Gasteiger partial charge in [0.15, 0.2) is 0 Å². The molecule has 0 spiro atoms. The molecule has 0 aliphatic carbocycles. The van der Waals surface area contributed by atoms with Crippen LogP contribution < -0.4 is 5.32 Å². The summed E-state index contributed by atoms with van der Waals surface area (Å²) < 4.78 is 1.05. The molecular weight excluding hydrogens is 261 g/mol. The second-order valence-electron chi connectivity index (χ2n) is 3.71. The first kappa shape index (κ1) is 10.5. The normalized spacial score (nSPS) is 21.4. The summed E-state index contributed by atoms with van der Waals surface area (Å²) in [6.45, 7) is 1.16. The van der Waals surface area contributed by atoms with Crippen molar-refractivity contribution in [3.8, 4) is 0 Å². The molecule has 2 rings (SSSR count). The van der Waals surface area contributed by atoms with Crippen LogP contribution in [0.1, 0.15) is 18.4 Å². The average molecular weight is 275 g/mol. The van der Waals surface area contributed by atoms with Gasteiger partial charge in [0, 0.05) is 10.5 Å². The van der Waals surface area contributed by atoms with Gasteiger partial charge in [0.25, 0.3) is 0 Å². The minimum Gasteiger partial charge on any atom is -0.314 e. The topological polar surface area (TPSA) is 12.0 Å². The standard InChI is InChI=1S/C11H13BrClN/c12-11-8(3-1-5-10(11)13)7-9-4-2-6-14-9/h1,3,5,9,14H,2,4,6-7H2. The first-order chi connectivity index (χ1) is 6.77. The number of benzene rings is 1. The Hall–Kier alpha value is -0.0500. The Kier molecular flexibility index (Phi) is 3.47. The van der Waals surface area contributed by atoms with Crippen LogP contribution in [0.4, 0.5) is 0 Å². The highest BCUT2D eigenvalue weighted by Crippen LogP contribution is 2.27. The van der Waals surface area contributed by atoms with E-state index in [2.05, 4.69) is 27.3 Å². The molecule has 0 radical (unpaired) electrons. The van der Waals surface area contributed by atoms with Gasteiger partial charge in [0.2, 0.25) is 0 Å². The van der Waals surface area contributed by atoms with Crippen molar-refractivity contribution in [2.45, 2.75) is 25.3 Å². The van der Waals surface area contributed by atoms with Crippen LogP contribution >= 0.6 is 27.5 Å². The van der Waals surface area contributed by atoms with Crippen molar-refractivity contribution in [3.63, 3.8) is 0 Å². The fourth-order valence-electron chi connectivity index (χ4n) is 1.90. The van der Waals surface area contributed by atoms with Crippen molar-refractivity contribution in [2.75, 3.05) is 6.54 Å². The Morgan fingerprint density at radius 3 is 3.07 bits per heavy atom. The summed E-state index contributed by atoms with van der Waals surface area (Å²) in [7, 11) is 0. The third kappa shape index (κ3) is 2.30. The third-order valence-corrected chi connectivity index (χ3v) is 4.14. The number of hydrogen-bond donors (Lipinski definition) is 1. The van der Waals surface area contributed by atoms with Gasteiger partial charge >= 0.3 is 0 Å². The van der Waals surface area contributed by atoms with Crippen molar-refractivity contribution in [1.29, 1.82) is 0 Å². The highest BCUT2D eigenvalue weighted by Gasteiger charge is 2.16. The van der Waals surface area contributed by atoms with E-state index in [0.717, 1.165) is 22.5 Å². The molecule has 1 nitrogen and oxygen atoms in total. The molecule has 76 valence electrons. The van der Waals surface area contributed by atoms with Crippen LogP contribution in [-0.4, -0.2) is 12.6 Å². The number of rotatable bonds is 2. The number of hydrogen-bond acceptors (Lipinski definition) is 1. The van der Waals surface area contributed by atoms with E-state index in [1.54, 1.807) is 0 Å². The first-order valence-corrected chi connectivity index (χ1v) is 6.11. The van der Waals surface area contributed by atoms with Crippen LogP contribution in [-0.2, 0) is 6.42 Å². The van der Waals surface area contributed by atoms with Gasteiger partial charge in [-0.15, -0.1) is 0 Å². The molecule has 1 N–H and O–H groups in total. The minimum absolute atomic E-state index is 0.629. The van der Waals surface area contributed by atoms with Crippen LogP contribution in [0.2, 0.25) is 5.02 Å². The molecule has 1 atom stereocenters. The fourth-order valence-corrected chi connectivity index (χ4v) is 2.52. The first-order valence-electron chi connectivity index (χ1n) is 4.93. The molecule has 0 amide bonds. The minimum atomic E-state index is 0.629. The Morgan fingerprint density at radius 1 is 1.50 bits per heavy atom. The van der Waals surface area contributed by atoms with Crippen LogP contribution in [0.15, 0.2) is 22.7 Å². The third-order valence-electron chi connectivity index (χ3n) is 2.66. The van der Waals surface area contributed by atoms with Crippen molar-refractivity contribution in [1.82, 2.24) is 5.32 Å². The predicted octanol–water partition coefficient (Wildman–Crippen LogP) is 3.40. The van der Waals surface area contributed by atoms with Crippen LogP contribution in [0.5, 0.6) is 0 Å². The van der Waals surface area contributed by atoms with E-state index in [1.165, 1.54) is 18.4 Å². The lowest BCUT2D eigenvalue weighted by molar-refractivity contribution is 0.602. The van der Waals surface area contributed by atoms with Gasteiger partial charge in [-0.2, -0.15) is 0 Å². The predicted molar refractivity (Wildman–Crippen MR) is 63.9 cm³/mol. The van der Waals surface area contributed by atoms with E-state index in [-0.39, 0.29) is 0 Å². The molecule has 1 heterocycles. The number of nitrogens with one attached hydrogen (secondary N) is 1. The Bertz CT molecular complexity index is 321. The van der Waals surface area contributed by atoms with Crippen LogP contribution in [0.3, 0.4) is 0 Å². The Labute approximate surface area is 98.0 Å². The largest absolute Gasteiger partial charge is 0.314 e. The highest BCUT2D eigenvalue weighted by molar-refractivity contribution is 9.10. The lowest BCUT2D eigenvalue weighted by Gasteiger charge is -2.11. The molecule has 1 saturated heterocycles. The van der Waals surface area contributed by atoms with E-state index in [0.29, 0.717) is 6.04 Å². The zero-order chi connectivity index (χ0) is 9.97. The van der Waals surface area contributed by atoms with Gasteiger partial charge in [0.05, 0.1) is 5.02 Å². The molecule has 1 fully saturated rings. The van der Waals surface area contributed by atoms with Crippen molar-refractivity contribution in [2.24, 2.45) is 0 Å². The van der Waals surface area contributed by atoms with Crippen molar-refractivity contribution < 1.29 is 0 Å². The molecule has 14 heavy (non-hydrogen) atoms. The molecule has 3 heteroatoms. The molecule has 0 aromatic heterocycles. The fraction of sp³-hybridized carbons (Fsp3) is 0.455. The average Bonchev–Trinajstić information content (AvgIpc) is 2.66. The molecule has 1 aromatic rings. The maximum atomic E-state index is 6.03. The van der Waals surface area contributed by atoms with E-state index in [4.69, 9.17) is 11.6 Å². The quantitative estimate of drug-likeness (QED) is 0.871. The summed E-state index contributed by atoms with van der Waals surface area (Å²) >= 11 is 9.56. The van der Waals surface area contributed by atoms with Gasteiger partial charge < -0.3 is 5.32 Å². The summed E-state index contributed by atoms with van der Waals surface area (Å²) in [5.74, 6) is 0. The van der Waals surface area contributed by atoms with Crippen LogP contribution in [0.25, 0.3) is 0 Å². The monoisotopic (exact) mass is 273 g/mol. The molecule has 0 bridgehead atoms.